The fourth-order valence-electron chi connectivity index (χ4n) is 1.31. The average Bonchev–Trinajstić information content (AvgIpc) is 2.47. The lowest BCUT2D eigenvalue weighted by atomic mass is 10.2. The van der Waals surface area contributed by atoms with Crippen LogP contribution in [0.1, 0.15) is 31.7 Å². The van der Waals surface area contributed by atoms with Crippen molar-refractivity contribution in [1.82, 2.24) is 4.98 Å². The van der Waals surface area contributed by atoms with Crippen molar-refractivity contribution >= 4 is 15.6 Å². The lowest BCUT2D eigenvalue weighted by molar-refractivity contribution is -0.119. The number of sulfone groups is 1. The molecule has 0 aliphatic carbocycles. The lowest BCUT2D eigenvalue weighted by Gasteiger charge is -1.97. The van der Waals surface area contributed by atoms with Crippen LogP contribution in [0.25, 0.3) is 0 Å². The normalized spacial score (nSPS) is 10.7. The Morgan fingerprint density at radius 2 is 2.05 bits per heavy atom. The maximum Gasteiger partial charge on any atom is 0.192 e. The maximum atomic E-state index is 10.9. The Morgan fingerprint density at radius 1 is 1.38 bits per heavy atom. The first kappa shape index (κ1) is 19.7. The predicted molar refractivity (Wildman–Crippen MR) is 79.7 cm³/mol. The first-order chi connectivity index (χ1) is 9.85. The Kier molecular flexibility index (Phi) is 9.77. The predicted octanol–water partition coefficient (Wildman–Crippen LogP) is 1.37. The van der Waals surface area contributed by atoms with E-state index >= 15 is 0 Å². The van der Waals surface area contributed by atoms with E-state index in [2.05, 4.69) is 4.98 Å². The van der Waals surface area contributed by atoms with Crippen molar-refractivity contribution in [2.24, 2.45) is 0 Å². The summed E-state index contributed by atoms with van der Waals surface area (Å²) in [5.41, 5.74) is 0.599. The highest BCUT2D eigenvalue weighted by atomic mass is 32.2. The second kappa shape index (κ2) is 10.4. The van der Waals surface area contributed by atoms with Crippen LogP contribution < -0.4 is 0 Å². The van der Waals surface area contributed by atoms with Crippen LogP contribution in [-0.2, 0) is 26.0 Å². The molecule has 21 heavy (non-hydrogen) atoms. The van der Waals surface area contributed by atoms with Crippen LogP contribution in [0.4, 0.5) is 0 Å². The van der Waals surface area contributed by atoms with Crippen LogP contribution in [0, 0.1) is 0 Å². The van der Waals surface area contributed by atoms with Crippen molar-refractivity contribution in [3.05, 3.63) is 23.9 Å². The second-order valence-corrected chi connectivity index (χ2v) is 6.39. The van der Waals surface area contributed by atoms with Gasteiger partial charge in [-0.2, -0.15) is 0 Å². The number of carbonyl (C=O) groups is 1. The van der Waals surface area contributed by atoms with Crippen LogP contribution in [0.5, 0.6) is 0 Å². The molecule has 7 heteroatoms. The molecule has 120 valence electrons. The molecule has 1 aromatic rings. The largest absolute Gasteiger partial charge is 0.392 e. The summed E-state index contributed by atoms with van der Waals surface area (Å²) < 4.78 is 26.6. The molecule has 0 atom stereocenters. The van der Waals surface area contributed by atoms with Crippen LogP contribution in [-0.4, -0.2) is 44.3 Å². The third kappa shape index (κ3) is 9.28. The summed E-state index contributed by atoms with van der Waals surface area (Å²) in [5.74, 6) is 0.326. The number of carbonyl (C=O) groups excluding carboxylic acids is 1. The Labute approximate surface area is 126 Å². The van der Waals surface area contributed by atoms with Crippen molar-refractivity contribution in [3.63, 3.8) is 0 Å². The van der Waals surface area contributed by atoms with E-state index in [9.17, 15) is 13.2 Å². The average molecular weight is 317 g/mol. The van der Waals surface area contributed by atoms with E-state index < -0.39 is 9.84 Å². The standard InChI is InChI=1S/C7H9NO3S.C7H14O2/c1-12(10,11)7-3-2-6(5-9)4-8-7;1-3-7(8)5-4-6-9-2/h2-4,9H,5H2,1H3;3-6H2,1-2H3. The molecule has 0 spiro atoms. The number of aliphatic hydroxyl groups is 1. The van der Waals surface area contributed by atoms with Gasteiger partial charge in [0.2, 0.25) is 0 Å². The SMILES string of the molecule is CCC(=O)CCCOC.CS(=O)(=O)c1ccc(CO)cn1. The monoisotopic (exact) mass is 317 g/mol. The molecule has 0 aliphatic heterocycles. The summed E-state index contributed by atoms with van der Waals surface area (Å²) in [7, 11) is -1.57. The fraction of sp³-hybridized carbons (Fsp3) is 0.571. The summed E-state index contributed by atoms with van der Waals surface area (Å²) >= 11 is 0. The summed E-state index contributed by atoms with van der Waals surface area (Å²) in [5, 5.41) is 8.67. The molecule has 0 unspecified atom stereocenters. The number of aromatic nitrogens is 1. The van der Waals surface area contributed by atoms with Crippen molar-refractivity contribution < 1.29 is 23.1 Å². The van der Waals surface area contributed by atoms with Crippen molar-refractivity contribution in [2.75, 3.05) is 20.0 Å². The summed E-state index contributed by atoms with van der Waals surface area (Å²) in [4.78, 5) is 14.3. The highest BCUT2D eigenvalue weighted by Crippen LogP contribution is 2.05. The molecule has 0 aromatic carbocycles. The molecular weight excluding hydrogens is 294 g/mol. The van der Waals surface area contributed by atoms with E-state index in [1.165, 1.54) is 18.3 Å². The van der Waals surface area contributed by atoms with Crippen molar-refractivity contribution in [3.8, 4) is 0 Å². The highest BCUT2D eigenvalue weighted by molar-refractivity contribution is 7.90. The van der Waals surface area contributed by atoms with Gasteiger partial charge in [-0.1, -0.05) is 13.0 Å². The molecule has 0 amide bonds. The number of aliphatic hydroxyl groups excluding tert-OH is 1. The Hall–Kier alpha value is -1.31. The van der Waals surface area contributed by atoms with Gasteiger partial charge in [-0.15, -0.1) is 0 Å². The van der Waals surface area contributed by atoms with E-state index in [1.807, 2.05) is 6.92 Å². The summed E-state index contributed by atoms with van der Waals surface area (Å²) in [6.45, 7) is 2.46. The number of hydrogen-bond acceptors (Lipinski definition) is 6. The quantitative estimate of drug-likeness (QED) is 0.763. The van der Waals surface area contributed by atoms with Gasteiger partial charge in [-0.3, -0.25) is 4.79 Å². The first-order valence-corrected chi connectivity index (χ1v) is 8.50. The van der Waals surface area contributed by atoms with E-state index in [4.69, 9.17) is 9.84 Å². The van der Waals surface area contributed by atoms with Gasteiger partial charge in [0.15, 0.2) is 14.9 Å². The van der Waals surface area contributed by atoms with Gasteiger partial charge >= 0.3 is 0 Å². The third-order valence-electron chi connectivity index (χ3n) is 2.56. The van der Waals surface area contributed by atoms with Crippen LogP contribution in [0.15, 0.2) is 23.4 Å². The molecule has 0 saturated carbocycles. The van der Waals surface area contributed by atoms with Crippen LogP contribution >= 0.6 is 0 Å². The molecule has 0 radical (unpaired) electrons. The minimum atomic E-state index is -3.22. The van der Waals surface area contributed by atoms with E-state index in [-0.39, 0.29) is 11.6 Å². The molecular formula is C14H23NO5S. The van der Waals surface area contributed by atoms with E-state index in [1.54, 1.807) is 7.11 Å². The molecule has 1 N–H and O–H groups in total. The number of ether oxygens (including phenoxy) is 1. The number of hydrogen-bond donors (Lipinski definition) is 1. The molecule has 1 aromatic heterocycles. The fourth-order valence-corrected chi connectivity index (χ4v) is 1.87. The smallest absolute Gasteiger partial charge is 0.192 e. The summed E-state index contributed by atoms with van der Waals surface area (Å²) in [6.07, 6.45) is 4.63. The van der Waals surface area contributed by atoms with Gasteiger partial charge < -0.3 is 9.84 Å². The molecule has 0 saturated heterocycles. The Balaban J connectivity index is 0.000000400. The van der Waals surface area contributed by atoms with Crippen molar-refractivity contribution in [1.29, 1.82) is 0 Å². The Bertz CT molecular complexity index is 511. The zero-order chi connectivity index (χ0) is 16.3. The molecule has 0 bridgehead atoms. The minimum absolute atomic E-state index is 0.0275. The maximum absolute atomic E-state index is 10.9. The number of pyridine rings is 1. The summed E-state index contributed by atoms with van der Waals surface area (Å²) in [6, 6.07) is 2.91. The minimum Gasteiger partial charge on any atom is -0.392 e. The van der Waals surface area contributed by atoms with Gasteiger partial charge in [-0.25, -0.2) is 13.4 Å². The number of rotatable bonds is 7. The van der Waals surface area contributed by atoms with Crippen LogP contribution in [0.2, 0.25) is 0 Å². The van der Waals surface area contributed by atoms with Gasteiger partial charge in [0.25, 0.3) is 0 Å². The molecule has 1 rings (SSSR count). The topological polar surface area (TPSA) is 93.6 Å². The van der Waals surface area contributed by atoms with Crippen LogP contribution in [0.3, 0.4) is 0 Å². The molecule has 0 aliphatic rings. The van der Waals surface area contributed by atoms with Gasteiger partial charge in [0.05, 0.1) is 6.61 Å². The van der Waals surface area contributed by atoms with Gasteiger partial charge in [-0.05, 0) is 18.1 Å². The highest BCUT2D eigenvalue weighted by Gasteiger charge is 2.07. The molecule has 6 nitrogen and oxygen atoms in total. The third-order valence-corrected chi connectivity index (χ3v) is 3.56. The zero-order valence-corrected chi connectivity index (χ0v) is 13.5. The number of ketones is 1. The number of Topliss-reactive ketones (excluding diaryl/α,β-unsaturated/α-hetero) is 1. The van der Waals surface area contributed by atoms with E-state index in [0.717, 1.165) is 12.7 Å². The number of methoxy groups -OCH3 is 1. The molecule has 0 fully saturated rings. The Morgan fingerprint density at radius 3 is 2.43 bits per heavy atom. The lowest BCUT2D eigenvalue weighted by Crippen LogP contribution is -2.00. The first-order valence-electron chi connectivity index (χ1n) is 6.61. The van der Waals surface area contributed by atoms with Crippen molar-refractivity contribution in [2.45, 2.75) is 37.8 Å². The zero-order valence-electron chi connectivity index (χ0n) is 12.7. The number of nitrogens with zero attached hydrogens (tertiary/aromatic N) is 1. The second-order valence-electron chi connectivity index (χ2n) is 4.42. The van der Waals surface area contributed by atoms with E-state index in [0.29, 0.717) is 30.8 Å². The molecule has 1 heterocycles. The van der Waals surface area contributed by atoms with Gasteiger partial charge in [0, 0.05) is 39.0 Å². The van der Waals surface area contributed by atoms with Gasteiger partial charge in [0.1, 0.15) is 5.78 Å².